The zero-order valence-corrected chi connectivity index (χ0v) is 7.53. The molecule has 2 rings (SSSR count). The molecule has 2 N–H and O–H groups in total. The first kappa shape index (κ1) is 8.15. The molecule has 1 aromatic rings. The maximum atomic E-state index is 11.5. The summed E-state index contributed by atoms with van der Waals surface area (Å²) < 4.78 is 0. The zero-order chi connectivity index (χ0) is 9.47. The van der Waals surface area contributed by atoms with Gasteiger partial charge in [0, 0.05) is 5.92 Å². The van der Waals surface area contributed by atoms with Gasteiger partial charge in [0.2, 0.25) is 5.91 Å². The van der Waals surface area contributed by atoms with E-state index in [1.807, 2.05) is 0 Å². The van der Waals surface area contributed by atoms with Crippen molar-refractivity contribution >= 4 is 11.9 Å². The molecule has 0 bridgehead atoms. The number of H-pyrrole nitrogens is 1. The molecule has 6 heteroatoms. The number of amides is 1. The molecule has 1 aromatic heterocycles. The molecular weight excluding hydrogens is 170 g/mol. The van der Waals surface area contributed by atoms with Gasteiger partial charge in [-0.25, -0.2) is 0 Å². The number of aromatic amines is 1. The minimum absolute atomic E-state index is 0.0219. The Morgan fingerprint density at radius 2 is 2.38 bits per heavy atom. The first-order valence-electron chi connectivity index (χ1n) is 4.14. The summed E-state index contributed by atoms with van der Waals surface area (Å²) in [5.41, 5.74) is 0.133. The minimum atomic E-state index is -0.0219. The summed E-state index contributed by atoms with van der Waals surface area (Å²) in [6.07, 6.45) is 0.927. The fourth-order valence-electron chi connectivity index (χ4n) is 1.33. The zero-order valence-electron chi connectivity index (χ0n) is 7.53. The van der Waals surface area contributed by atoms with Gasteiger partial charge in [-0.05, 0) is 17.0 Å². The van der Waals surface area contributed by atoms with Gasteiger partial charge in [0.05, 0.1) is 0 Å². The standard InChI is InChI=1S/C7H11N5O/c1-7(2)3-4(7)5(13)8-6-9-11-12-10-6/h4H,3H2,1-2H3,(H2,8,9,10,11,12,13). The molecule has 1 amide bonds. The summed E-state index contributed by atoms with van der Waals surface area (Å²) in [6.45, 7) is 4.13. The second kappa shape index (κ2) is 2.51. The Morgan fingerprint density at radius 3 is 2.85 bits per heavy atom. The highest BCUT2D eigenvalue weighted by molar-refractivity contribution is 5.93. The van der Waals surface area contributed by atoms with Gasteiger partial charge in [-0.2, -0.15) is 5.21 Å². The van der Waals surface area contributed by atoms with E-state index in [1.54, 1.807) is 0 Å². The van der Waals surface area contributed by atoms with Crippen LogP contribution >= 0.6 is 0 Å². The lowest BCUT2D eigenvalue weighted by Gasteiger charge is -2.01. The molecule has 1 aliphatic carbocycles. The van der Waals surface area contributed by atoms with Crippen LogP contribution in [0.3, 0.4) is 0 Å². The molecule has 6 nitrogen and oxygen atoms in total. The number of hydrogen-bond acceptors (Lipinski definition) is 4. The Kier molecular flexibility index (Phi) is 1.58. The number of rotatable bonds is 2. The number of nitrogens with one attached hydrogen (secondary N) is 2. The lowest BCUT2D eigenvalue weighted by molar-refractivity contribution is -0.118. The summed E-state index contributed by atoms with van der Waals surface area (Å²) in [5.74, 6) is 0.310. The van der Waals surface area contributed by atoms with Crippen LogP contribution in [0.25, 0.3) is 0 Å². The van der Waals surface area contributed by atoms with Gasteiger partial charge < -0.3 is 0 Å². The molecule has 1 saturated carbocycles. The van der Waals surface area contributed by atoms with Crippen LogP contribution in [0.4, 0.5) is 5.95 Å². The van der Waals surface area contributed by atoms with Crippen molar-refractivity contribution in [3.8, 4) is 0 Å². The first-order chi connectivity index (χ1) is 6.09. The average molecular weight is 181 g/mol. The SMILES string of the molecule is CC1(C)CC1C(=O)Nc1nn[nH]n1. The summed E-state index contributed by atoms with van der Waals surface area (Å²) in [6, 6.07) is 0. The summed E-state index contributed by atoms with van der Waals surface area (Å²) in [7, 11) is 0. The van der Waals surface area contributed by atoms with Crippen molar-refractivity contribution in [2.24, 2.45) is 11.3 Å². The lowest BCUT2D eigenvalue weighted by Crippen LogP contribution is -2.17. The second-order valence-corrected chi connectivity index (χ2v) is 3.97. The molecule has 13 heavy (non-hydrogen) atoms. The largest absolute Gasteiger partial charge is 0.292 e. The van der Waals surface area contributed by atoms with Crippen LogP contribution in [0.2, 0.25) is 0 Å². The maximum Gasteiger partial charge on any atom is 0.269 e. The molecule has 0 saturated heterocycles. The fourth-order valence-corrected chi connectivity index (χ4v) is 1.33. The first-order valence-corrected chi connectivity index (χ1v) is 4.14. The summed E-state index contributed by atoms with van der Waals surface area (Å²) >= 11 is 0. The average Bonchev–Trinajstić information content (AvgIpc) is 2.49. The molecule has 0 aromatic carbocycles. The predicted octanol–water partition coefficient (Wildman–Crippen LogP) is 0.184. The number of aromatic nitrogens is 4. The molecule has 0 spiro atoms. The maximum absolute atomic E-state index is 11.5. The van der Waals surface area contributed by atoms with Gasteiger partial charge in [-0.15, -0.1) is 5.10 Å². The van der Waals surface area contributed by atoms with E-state index in [1.165, 1.54) is 0 Å². The topological polar surface area (TPSA) is 83.6 Å². The van der Waals surface area contributed by atoms with Gasteiger partial charge in [0.15, 0.2) is 0 Å². The monoisotopic (exact) mass is 181 g/mol. The van der Waals surface area contributed by atoms with Crippen LogP contribution < -0.4 is 5.32 Å². The molecule has 1 fully saturated rings. The smallest absolute Gasteiger partial charge is 0.269 e. The van der Waals surface area contributed by atoms with E-state index in [2.05, 4.69) is 39.8 Å². The summed E-state index contributed by atoms with van der Waals surface area (Å²) in [5, 5.41) is 15.5. The molecule has 70 valence electrons. The lowest BCUT2D eigenvalue weighted by atomic mass is 10.1. The van der Waals surface area contributed by atoms with Crippen molar-refractivity contribution in [2.75, 3.05) is 5.32 Å². The fraction of sp³-hybridized carbons (Fsp3) is 0.714. The highest BCUT2D eigenvalue weighted by Gasteiger charge is 2.50. The van der Waals surface area contributed by atoms with Gasteiger partial charge in [0.25, 0.3) is 5.95 Å². The Bertz CT molecular complexity index is 318. The third-order valence-corrected chi connectivity index (χ3v) is 2.41. The van der Waals surface area contributed by atoms with Crippen molar-refractivity contribution in [2.45, 2.75) is 20.3 Å². The van der Waals surface area contributed by atoms with Crippen molar-refractivity contribution in [3.63, 3.8) is 0 Å². The third-order valence-electron chi connectivity index (χ3n) is 2.41. The molecular formula is C7H11N5O. The molecule has 1 atom stereocenters. The van der Waals surface area contributed by atoms with E-state index >= 15 is 0 Å². The van der Waals surface area contributed by atoms with Crippen molar-refractivity contribution in [1.82, 2.24) is 20.6 Å². The van der Waals surface area contributed by atoms with E-state index in [4.69, 9.17) is 0 Å². The number of carbonyl (C=O) groups is 1. The van der Waals surface area contributed by atoms with Crippen LogP contribution in [0.1, 0.15) is 20.3 Å². The minimum Gasteiger partial charge on any atom is -0.292 e. The van der Waals surface area contributed by atoms with Crippen LogP contribution in [0, 0.1) is 11.3 Å². The number of tetrazole rings is 1. The van der Waals surface area contributed by atoms with E-state index in [0.717, 1.165) is 6.42 Å². The van der Waals surface area contributed by atoms with Gasteiger partial charge in [-0.3, -0.25) is 10.1 Å². The number of hydrogen-bond donors (Lipinski definition) is 2. The van der Waals surface area contributed by atoms with Gasteiger partial charge >= 0.3 is 0 Å². The number of carbonyl (C=O) groups excluding carboxylic acids is 1. The molecule has 1 unspecified atom stereocenters. The molecule has 0 aliphatic heterocycles. The normalized spacial score (nSPS) is 24.0. The van der Waals surface area contributed by atoms with Crippen molar-refractivity contribution < 1.29 is 4.79 Å². The Labute approximate surface area is 75.1 Å². The number of nitrogens with zero attached hydrogens (tertiary/aromatic N) is 3. The third kappa shape index (κ3) is 1.51. The van der Waals surface area contributed by atoms with Gasteiger partial charge in [-0.1, -0.05) is 18.9 Å². The van der Waals surface area contributed by atoms with Crippen molar-refractivity contribution in [3.05, 3.63) is 0 Å². The quantitative estimate of drug-likeness (QED) is 0.681. The van der Waals surface area contributed by atoms with E-state index in [9.17, 15) is 4.79 Å². The molecule has 1 aliphatic rings. The Morgan fingerprint density at radius 1 is 1.69 bits per heavy atom. The highest BCUT2D eigenvalue weighted by atomic mass is 16.2. The highest BCUT2D eigenvalue weighted by Crippen LogP contribution is 2.51. The van der Waals surface area contributed by atoms with Crippen LogP contribution in [-0.4, -0.2) is 26.5 Å². The van der Waals surface area contributed by atoms with Crippen LogP contribution in [-0.2, 0) is 4.79 Å². The van der Waals surface area contributed by atoms with Gasteiger partial charge in [0.1, 0.15) is 0 Å². The second-order valence-electron chi connectivity index (χ2n) is 3.97. The predicted molar refractivity (Wildman–Crippen MR) is 44.7 cm³/mol. The van der Waals surface area contributed by atoms with Crippen LogP contribution in [0.15, 0.2) is 0 Å². The molecule has 0 radical (unpaired) electrons. The molecule has 1 heterocycles. The number of anilines is 1. The van der Waals surface area contributed by atoms with E-state index < -0.39 is 0 Å². The Hall–Kier alpha value is -1.46. The Balaban J connectivity index is 1.94. The van der Waals surface area contributed by atoms with E-state index in [-0.39, 0.29) is 23.2 Å². The van der Waals surface area contributed by atoms with Crippen LogP contribution in [0.5, 0.6) is 0 Å². The summed E-state index contributed by atoms with van der Waals surface area (Å²) in [4.78, 5) is 11.5. The van der Waals surface area contributed by atoms with Crippen molar-refractivity contribution in [1.29, 1.82) is 0 Å². The van der Waals surface area contributed by atoms with E-state index in [0.29, 0.717) is 0 Å².